The third kappa shape index (κ3) is 2.90. The number of hydrazone groups is 1. The number of likely N-dealkylation sites (tertiary alicyclic amines) is 1. The standard InChI is InChI=1S/C23H26ClN3O/c1-16(2)26-13-11-23(12-14-26)27-21(19-5-3-4-6-22(19)28-23)15-20(25-27)17-7-9-18(24)10-8-17/h3-10,16,21H,11-15H2,1-2H3/p+1/t21-/m0/s1. The number of rotatable bonds is 2. The van der Waals surface area contributed by atoms with Crippen molar-refractivity contribution in [3.8, 4) is 5.75 Å². The molecule has 0 bridgehead atoms. The average molecular weight is 397 g/mol. The van der Waals surface area contributed by atoms with Crippen LogP contribution >= 0.6 is 11.6 Å². The van der Waals surface area contributed by atoms with E-state index in [2.05, 4.69) is 55.3 Å². The maximum Gasteiger partial charge on any atom is 0.208 e. The van der Waals surface area contributed by atoms with Crippen molar-refractivity contribution in [3.05, 3.63) is 64.7 Å². The highest BCUT2D eigenvalue weighted by molar-refractivity contribution is 6.30. The van der Waals surface area contributed by atoms with Crippen molar-refractivity contribution in [2.45, 2.75) is 50.9 Å². The minimum absolute atomic E-state index is 0.247. The summed E-state index contributed by atoms with van der Waals surface area (Å²) in [4.78, 5) is 1.66. The molecule has 4 nitrogen and oxygen atoms in total. The first-order valence-electron chi connectivity index (χ1n) is 10.3. The van der Waals surface area contributed by atoms with Crippen molar-refractivity contribution in [1.29, 1.82) is 0 Å². The second kappa shape index (κ2) is 6.78. The number of fused-ring (bicyclic) bond motifs is 4. The van der Waals surface area contributed by atoms with Crippen LogP contribution in [0.3, 0.4) is 0 Å². The zero-order chi connectivity index (χ0) is 19.3. The van der Waals surface area contributed by atoms with E-state index in [0.717, 1.165) is 54.4 Å². The first-order chi connectivity index (χ1) is 13.6. The summed E-state index contributed by atoms with van der Waals surface area (Å²) in [7, 11) is 0. The number of ether oxygens (including phenoxy) is 1. The maximum atomic E-state index is 6.69. The highest BCUT2D eigenvalue weighted by atomic mass is 35.5. The summed E-state index contributed by atoms with van der Waals surface area (Å²) in [5, 5.41) is 8.17. The van der Waals surface area contributed by atoms with Crippen LogP contribution in [0.25, 0.3) is 0 Å². The number of quaternary nitrogens is 1. The summed E-state index contributed by atoms with van der Waals surface area (Å²) in [6.07, 6.45) is 2.91. The molecule has 5 rings (SSSR count). The van der Waals surface area contributed by atoms with Crippen LogP contribution in [0.15, 0.2) is 53.6 Å². The van der Waals surface area contributed by atoms with E-state index in [0.29, 0.717) is 6.04 Å². The third-order valence-corrected chi connectivity index (χ3v) is 6.83. The number of para-hydroxylation sites is 1. The first-order valence-corrected chi connectivity index (χ1v) is 10.7. The molecule has 3 heterocycles. The van der Waals surface area contributed by atoms with Gasteiger partial charge in [0, 0.05) is 17.0 Å². The molecule has 1 saturated heterocycles. The van der Waals surface area contributed by atoms with Gasteiger partial charge in [0.2, 0.25) is 5.72 Å². The van der Waals surface area contributed by atoms with Gasteiger partial charge in [-0.25, -0.2) is 5.01 Å². The van der Waals surface area contributed by atoms with E-state index in [1.54, 1.807) is 4.90 Å². The highest BCUT2D eigenvalue weighted by Crippen LogP contribution is 2.49. The van der Waals surface area contributed by atoms with Gasteiger partial charge in [0.1, 0.15) is 5.75 Å². The van der Waals surface area contributed by atoms with Crippen molar-refractivity contribution >= 4 is 17.3 Å². The van der Waals surface area contributed by atoms with Crippen LogP contribution in [0.4, 0.5) is 0 Å². The summed E-state index contributed by atoms with van der Waals surface area (Å²) >= 11 is 6.09. The van der Waals surface area contributed by atoms with Crippen LogP contribution in [0.5, 0.6) is 5.75 Å². The first kappa shape index (κ1) is 18.0. The third-order valence-electron chi connectivity index (χ3n) is 6.57. The molecule has 1 N–H and O–H groups in total. The van der Waals surface area contributed by atoms with Gasteiger partial charge in [0.15, 0.2) is 0 Å². The molecule has 0 aliphatic carbocycles. The number of halogens is 1. The smallest absolute Gasteiger partial charge is 0.208 e. The largest absolute Gasteiger partial charge is 0.466 e. The van der Waals surface area contributed by atoms with Crippen LogP contribution in [0.2, 0.25) is 5.02 Å². The van der Waals surface area contributed by atoms with E-state index in [9.17, 15) is 0 Å². The van der Waals surface area contributed by atoms with Gasteiger partial charge in [-0.05, 0) is 37.6 Å². The molecule has 28 heavy (non-hydrogen) atoms. The van der Waals surface area contributed by atoms with Gasteiger partial charge in [-0.2, -0.15) is 5.10 Å². The van der Waals surface area contributed by atoms with Gasteiger partial charge in [-0.15, -0.1) is 0 Å². The lowest BCUT2D eigenvalue weighted by molar-refractivity contribution is -0.929. The Morgan fingerprint density at radius 1 is 1.11 bits per heavy atom. The van der Waals surface area contributed by atoms with E-state index >= 15 is 0 Å². The molecule has 5 heteroatoms. The Bertz CT molecular complexity index is 900. The van der Waals surface area contributed by atoms with Crippen molar-refractivity contribution in [1.82, 2.24) is 5.01 Å². The van der Waals surface area contributed by atoms with Crippen molar-refractivity contribution < 1.29 is 9.64 Å². The summed E-state index contributed by atoms with van der Waals surface area (Å²) in [6.45, 7) is 6.85. The number of benzene rings is 2. The molecule has 2 aromatic carbocycles. The maximum absolute atomic E-state index is 6.69. The summed E-state index contributed by atoms with van der Waals surface area (Å²) < 4.78 is 6.69. The Morgan fingerprint density at radius 3 is 2.54 bits per heavy atom. The van der Waals surface area contributed by atoms with Crippen LogP contribution in [-0.4, -0.2) is 35.6 Å². The van der Waals surface area contributed by atoms with Crippen molar-refractivity contribution in [3.63, 3.8) is 0 Å². The monoisotopic (exact) mass is 396 g/mol. The van der Waals surface area contributed by atoms with E-state index in [4.69, 9.17) is 21.4 Å². The molecule has 146 valence electrons. The molecular weight excluding hydrogens is 370 g/mol. The molecule has 1 fully saturated rings. The van der Waals surface area contributed by atoms with Crippen LogP contribution in [0.1, 0.15) is 50.3 Å². The predicted molar refractivity (Wildman–Crippen MR) is 112 cm³/mol. The Kier molecular flexibility index (Phi) is 4.37. The van der Waals surface area contributed by atoms with Gasteiger partial charge >= 0.3 is 0 Å². The molecule has 1 spiro atoms. The topological polar surface area (TPSA) is 29.3 Å². The van der Waals surface area contributed by atoms with Crippen molar-refractivity contribution in [2.75, 3.05) is 13.1 Å². The van der Waals surface area contributed by atoms with E-state index < -0.39 is 0 Å². The van der Waals surface area contributed by atoms with Crippen molar-refractivity contribution in [2.24, 2.45) is 5.10 Å². The van der Waals surface area contributed by atoms with Gasteiger partial charge in [-0.1, -0.05) is 41.9 Å². The van der Waals surface area contributed by atoms with Gasteiger partial charge < -0.3 is 9.64 Å². The van der Waals surface area contributed by atoms with Crippen LogP contribution < -0.4 is 9.64 Å². The molecule has 0 unspecified atom stereocenters. The summed E-state index contributed by atoms with van der Waals surface area (Å²) in [5.74, 6) is 1.03. The quantitative estimate of drug-likeness (QED) is 0.839. The second-order valence-electron chi connectivity index (χ2n) is 8.52. The predicted octanol–water partition coefficient (Wildman–Crippen LogP) is 3.67. The minimum Gasteiger partial charge on any atom is -0.466 e. The van der Waals surface area contributed by atoms with Crippen LogP contribution in [-0.2, 0) is 0 Å². The Morgan fingerprint density at radius 2 is 1.82 bits per heavy atom. The number of hydrogen-bond acceptors (Lipinski definition) is 3. The molecule has 3 aliphatic heterocycles. The summed E-state index contributed by atoms with van der Waals surface area (Å²) in [6, 6.07) is 17.4. The molecule has 2 aromatic rings. The van der Waals surface area contributed by atoms with Gasteiger partial charge in [-0.3, -0.25) is 0 Å². The zero-order valence-corrected chi connectivity index (χ0v) is 17.2. The molecule has 0 radical (unpaired) electrons. The van der Waals surface area contributed by atoms with Crippen LogP contribution in [0, 0.1) is 0 Å². The summed E-state index contributed by atoms with van der Waals surface area (Å²) in [5.41, 5.74) is 3.20. The number of nitrogens with one attached hydrogen (secondary N) is 1. The molecular formula is C23H27ClN3O+. The molecule has 0 saturated carbocycles. The number of nitrogens with zero attached hydrogens (tertiary/aromatic N) is 2. The molecule has 3 aliphatic rings. The second-order valence-corrected chi connectivity index (χ2v) is 8.95. The lowest BCUT2D eigenvalue weighted by atomic mass is 9.90. The molecule has 1 atom stereocenters. The van der Waals surface area contributed by atoms with E-state index in [-0.39, 0.29) is 11.8 Å². The van der Waals surface area contributed by atoms with Gasteiger partial charge in [0.05, 0.1) is 43.7 Å². The number of hydrogen-bond donors (Lipinski definition) is 1. The molecule has 0 amide bonds. The van der Waals surface area contributed by atoms with E-state index in [1.807, 2.05) is 12.1 Å². The lowest BCUT2D eigenvalue weighted by Gasteiger charge is -2.50. The zero-order valence-electron chi connectivity index (χ0n) is 16.5. The fourth-order valence-corrected chi connectivity index (χ4v) is 5.04. The lowest BCUT2D eigenvalue weighted by Crippen LogP contribution is -3.16. The Labute approximate surface area is 171 Å². The Hall–Kier alpha value is -2.04. The highest BCUT2D eigenvalue weighted by Gasteiger charge is 2.53. The SMILES string of the molecule is CC(C)[NH+]1CCC2(CC1)Oc1ccccc1[C@@H]1CC(c3ccc(Cl)cc3)=NN12. The Balaban J connectivity index is 1.53. The van der Waals surface area contributed by atoms with E-state index in [1.165, 1.54) is 5.56 Å². The average Bonchev–Trinajstić information content (AvgIpc) is 3.16. The normalized spacial score (nSPS) is 28.7. The fraction of sp³-hybridized carbons (Fsp3) is 0.435. The minimum atomic E-state index is -0.328. The van der Waals surface area contributed by atoms with Gasteiger partial charge in [0.25, 0.3) is 0 Å². The number of piperidine rings is 1. The fourth-order valence-electron chi connectivity index (χ4n) is 4.92. The molecule has 0 aromatic heterocycles.